The lowest BCUT2D eigenvalue weighted by Gasteiger charge is -2.39. The van der Waals surface area contributed by atoms with Gasteiger partial charge in [0.1, 0.15) is 30.5 Å². The number of hydrogen-bond donors (Lipinski definition) is 4. The van der Waals surface area contributed by atoms with Crippen LogP contribution in [0.25, 0.3) is 0 Å². The zero-order valence-electron chi connectivity index (χ0n) is 22.5. The van der Waals surface area contributed by atoms with Gasteiger partial charge in [0.05, 0.1) is 31.7 Å². The maximum atomic E-state index is 12.7. The van der Waals surface area contributed by atoms with Crippen molar-refractivity contribution in [3.63, 3.8) is 0 Å². The van der Waals surface area contributed by atoms with E-state index in [4.69, 9.17) is 14.2 Å². The number of unbranched alkanes of at least 4 members (excludes halogenated alkanes) is 8. The second-order valence-electron chi connectivity index (χ2n) is 10.1. The number of esters is 1. The molecule has 1 fully saturated rings. The van der Waals surface area contributed by atoms with E-state index in [0.717, 1.165) is 64.2 Å². The smallest absolute Gasteiger partial charge is 0.308 e. The van der Waals surface area contributed by atoms with Crippen LogP contribution in [0.2, 0.25) is 0 Å². The van der Waals surface area contributed by atoms with E-state index in [9.17, 15) is 30.0 Å². The van der Waals surface area contributed by atoms with Gasteiger partial charge >= 0.3 is 11.9 Å². The lowest BCUT2D eigenvalue weighted by atomic mass is 9.96. The first-order valence-electron chi connectivity index (χ1n) is 13.9. The Kier molecular flexibility index (Phi) is 17.2. The molecule has 1 saturated heterocycles. The summed E-state index contributed by atoms with van der Waals surface area (Å²) >= 11 is 0. The highest BCUT2D eigenvalue weighted by molar-refractivity contribution is 5.72. The average Bonchev–Trinajstić information content (AvgIpc) is 2.83. The number of carbonyl (C=O) groups is 2. The molecule has 0 bridgehead atoms. The summed E-state index contributed by atoms with van der Waals surface area (Å²) in [4.78, 5) is 24.0. The monoisotopic (exact) mass is 518 g/mol. The third-order valence-electron chi connectivity index (χ3n) is 6.80. The van der Waals surface area contributed by atoms with E-state index in [1.165, 1.54) is 0 Å². The lowest BCUT2D eigenvalue weighted by Crippen LogP contribution is -2.58. The molecule has 1 rings (SSSR count). The molecule has 1 aliphatic heterocycles. The zero-order valence-corrected chi connectivity index (χ0v) is 22.5. The predicted octanol–water partition coefficient (Wildman–Crippen LogP) is 3.74. The van der Waals surface area contributed by atoms with Crippen molar-refractivity contribution in [3.05, 3.63) is 0 Å². The maximum Gasteiger partial charge on any atom is 0.308 e. The Balaban J connectivity index is 2.66. The van der Waals surface area contributed by atoms with E-state index in [1.807, 2.05) is 0 Å². The summed E-state index contributed by atoms with van der Waals surface area (Å²) in [7, 11) is 0. The Labute approximate surface area is 216 Å². The molecule has 0 spiro atoms. The van der Waals surface area contributed by atoms with Crippen LogP contribution < -0.4 is 0 Å². The van der Waals surface area contributed by atoms with Gasteiger partial charge in [0, 0.05) is 0 Å². The van der Waals surface area contributed by atoms with E-state index >= 15 is 0 Å². The van der Waals surface area contributed by atoms with Gasteiger partial charge in [-0.3, -0.25) is 9.59 Å². The van der Waals surface area contributed by atoms with Crippen LogP contribution in [0.15, 0.2) is 0 Å². The first-order chi connectivity index (χ1) is 17.2. The molecule has 4 N–H and O–H groups in total. The topological polar surface area (TPSA) is 143 Å². The van der Waals surface area contributed by atoms with Crippen molar-refractivity contribution in [1.82, 2.24) is 0 Å². The van der Waals surface area contributed by atoms with E-state index in [0.29, 0.717) is 12.8 Å². The highest BCUT2D eigenvalue weighted by Crippen LogP contribution is 2.23. The number of aliphatic carboxylic acids is 1. The molecule has 1 aliphatic rings. The summed E-state index contributed by atoms with van der Waals surface area (Å²) < 4.78 is 17.1. The van der Waals surface area contributed by atoms with Crippen molar-refractivity contribution >= 4 is 11.9 Å². The molecule has 9 nitrogen and oxygen atoms in total. The van der Waals surface area contributed by atoms with Crippen LogP contribution in [0.4, 0.5) is 0 Å². The SMILES string of the molecule is CCCCCCCC(CC(=O)OC(CCCCCCC)CC(=O)O)OC[C@@H]1O[C@@H](C)[C@H](O)[C@@H](O)[C@H]1O. The van der Waals surface area contributed by atoms with Crippen LogP contribution >= 0.6 is 0 Å². The molecule has 0 aromatic rings. The van der Waals surface area contributed by atoms with Gasteiger partial charge in [-0.15, -0.1) is 0 Å². The van der Waals surface area contributed by atoms with Crippen LogP contribution in [0.1, 0.15) is 111 Å². The molecular formula is C27H50O9. The number of rotatable bonds is 20. The predicted molar refractivity (Wildman–Crippen MR) is 136 cm³/mol. The number of aliphatic hydroxyl groups is 3. The van der Waals surface area contributed by atoms with Gasteiger partial charge in [0.25, 0.3) is 0 Å². The van der Waals surface area contributed by atoms with Crippen LogP contribution in [0.5, 0.6) is 0 Å². The molecular weight excluding hydrogens is 468 g/mol. The van der Waals surface area contributed by atoms with Gasteiger partial charge in [0.15, 0.2) is 0 Å². The number of aliphatic hydroxyl groups excluding tert-OH is 3. The molecule has 9 heteroatoms. The lowest BCUT2D eigenvalue weighted by molar-refractivity contribution is -0.231. The molecule has 0 aromatic heterocycles. The quantitative estimate of drug-likeness (QED) is 0.140. The molecule has 0 saturated carbocycles. The van der Waals surface area contributed by atoms with Gasteiger partial charge in [-0.25, -0.2) is 0 Å². The van der Waals surface area contributed by atoms with Crippen LogP contribution in [0, 0.1) is 0 Å². The molecule has 0 radical (unpaired) electrons. The molecule has 7 atom stereocenters. The Hall–Kier alpha value is -1.26. The largest absolute Gasteiger partial charge is 0.481 e. The van der Waals surface area contributed by atoms with Gasteiger partial charge in [-0.2, -0.15) is 0 Å². The van der Waals surface area contributed by atoms with Gasteiger partial charge in [-0.05, 0) is 26.2 Å². The summed E-state index contributed by atoms with van der Waals surface area (Å²) in [6.07, 6.45) is 4.77. The molecule has 0 amide bonds. The highest BCUT2D eigenvalue weighted by Gasteiger charge is 2.42. The van der Waals surface area contributed by atoms with Crippen molar-refractivity contribution in [1.29, 1.82) is 0 Å². The Morgan fingerprint density at radius 2 is 1.33 bits per heavy atom. The summed E-state index contributed by atoms with van der Waals surface area (Å²) in [5, 5.41) is 39.4. The Morgan fingerprint density at radius 3 is 1.89 bits per heavy atom. The third kappa shape index (κ3) is 13.3. The summed E-state index contributed by atoms with van der Waals surface area (Å²) in [5.41, 5.74) is 0. The molecule has 0 aliphatic carbocycles. The van der Waals surface area contributed by atoms with Gasteiger partial charge < -0.3 is 34.6 Å². The fraction of sp³-hybridized carbons (Fsp3) is 0.926. The molecule has 212 valence electrons. The van der Waals surface area contributed by atoms with Crippen molar-refractivity contribution in [3.8, 4) is 0 Å². The van der Waals surface area contributed by atoms with Crippen molar-refractivity contribution in [2.24, 2.45) is 0 Å². The number of ether oxygens (including phenoxy) is 3. The van der Waals surface area contributed by atoms with E-state index < -0.39 is 54.7 Å². The van der Waals surface area contributed by atoms with E-state index in [-0.39, 0.29) is 19.4 Å². The number of carboxylic acids is 1. The minimum Gasteiger partial charge on any atom is -0.481 e. The number of carboxylic acid groups (broad SMARTS) is 1. The van der Waals surface area contributed by atoms with Crippen molar-refractivity contribution < 1.29 is 44.2 Å². The highest BCUT2D eigenvalue weighted by atomic mass is 16.6. The Morgan fingerprint density at radius 1 is 0.778 bits per heavy atom. The minimum absolute atomic E-state index is 0.0245. The summed E-state index contributed by atoms with van der Waals surface area (Å²) in [6, 6.07) is 0. The molecule has 36 heavy (non-hydrogen) atoms. The van der Waals surface area contributed by atoms with Crippen molar-refractivity contribution in [2.45, 2.75) is 153 Å². The minimum atomic E-state index is -1.34. The second-order valence-corrected chi connectivity index (χ2v) is 10.1. The first kappa shape index (κ1) is 32.8. The molecule has 1 heterocycles. The van der Waals surface area contributed by atoms with E-state index in [2.05, 4.69) is 13.8 Å². The second kappa shape index (κ2) is 18.9. The fourth-order valence-corrected chi connectivity index (χ4v) is 4.52. The fourth-order valence-electron chi connectivity index (χ4n) is 4.52. The van der Waals surface area contributed by atoms with Crippen LogP contribution in [0.3, 0.4) is 0 Å². The number of carbonyl (C=O) groups excluding carboxylic acids is 1. The van der Waals surface area contributed by atoms with Gasteiger partial charge in [-0.1, -0.05) is 71.6 Å². The standard InChI is InChI=1S/C27H50O9/c1-4-6-8-10-12-14-20(34-18-22-26(32)27(33)25(31)19(3)35-22)17-24(30)36-21(16-23(28)29)15-13-11-9-7-5-2/h19-22,25-27,31-33H,4-18H2,1-3H3,(H,28,29)/t19-,20?,21?,22-,25-,26-,27+/m0/s1. The van der Waals surface area contributed by atoms with Crippen LogP contribution in [-0.2, 0) is 23.8 Å². The molecule has 0 aromatic carbocycles. The summed E-state index contributed by atoms with van der Waals surface area (Å²) in [6.45, 7) is 5.84. The third-order valence-corrected chi connectivity index (χ3v) is 6.80. The van der Waals surface area contributed by atoms with E-state index in [1.54, 1.807) is 6.92 Å². The van der Waals surface area contributed by atoms with Crippen LogP contribution in [-0.4, -0.2) is 81.7 Å². The normalized spacial score (nSPS) is 25.9. The summed E-state index contributed by atoms with van der Waals surface area (Å²) in [5.74, 6) is -1.49. The van der Waals surface area contributed by atoms with Crippen molar-refractivity contribution in [2.75, 3.05) is 6.61 Å². The van der Waals surface area contributed by atoms with Gasteiger partial charge in [0.2, 0.25) is 0 Å². The zero-order chi connectivity index (χ0) is 26.9. The first-order valence-corrected chi connectivity index (χ1v) is 13.9. The maximum absolute atomic E-state index is 12.7. The average molecular weight is 519 g/mol. The number of hydrogen-bond acceptors (Lipinski definition) is 8. The Bertz CT molecular complexity index is 600. The molecule has 2 unspecified atom stereocenters.